The summed E-state index contributed by atoms with van der Waals surface area (Å²) in [5.74, 6) is 0.605. The van der Waals surface area contributed by atoms with Crippen molar-refractivity contribution in [2.75, 3.05) is 44.3 Å². The summed E-state index contributed by atoms with van der Waals surface area (Å²) in [6.45, 7) is 4.13. The number of morpholine rings is 1. The van der Waals surface area contributed by atoms with E-state index in [1.165, 1.54) is 0 Å². The van der Waals surface area contributed by atoms with Crippen LogP contribution in [0.3, 0.4) is 0 Å². The van der Waals surface area contributed by atoms with Gasteiger partial charge in [0.05, 0.1) is 18.9 Å². The zero-order chi connectivity index (χ0) is 14.1. The van der Waals surface area contributed by atoms with Crippen LogP contribution in [0.1, 0.15) is 11.1 Å². The maximum atomic E-state index is 9.04. The molecule has 0 radical (unpaired) electrons. The summed E-state index contributed by atoms with van der Waals surface area (Å²) in [7, 11) is 0. The third-order valence-corrected chi connectivity index (χ3v) is 3.72. The van der Waals surface area contributed by atoms with Gasteiger partial charge in [-0.05, 0) is 0 Å². The molecule has 0 saturated carbocycles. The van der Waals surface area contributed by atoms with Crippen LogP contribution < -0.4 is 16.2 Å². The molecule has 1 atom stereocenters. The fourth-order valence-electron chi connectivity index (χ4n) is 2.65. The van der Waals surface area contributed by atoms with Crippen molar-refractivity contribution in [3.05, 3.63) is 11.1 Å². The predicted octanol–water partition coefficient (Wildman–Crippen LogP) is -0.247. The molecule has 20 heavy (non-hydrogen) atoms. The van der Waals surface area contributed by atoms with Crippen molar-refractivity contribution < 1.29 is 9.47 Å². The second-order valence-corrected chi connectivity index (χ2v) is 5.04. The molecule has 2 aliphatic rings. The number of hydrogen-bond acceptors (Lipinski definition) is 7. The SMILES string of the molecule is N#Cc1c(N)nc2c(c1N)CC(CN1CCOCC1)O2. The molecule has 4 N–H and O–H groups in total. The van der Waals surface area contributed by atoms with Crippen LogP contribution in [0.4, 0.5) is 11.5 Å². The van der Waals surface area contributed by atoms with E-state index in [4.69, 9.17) is 26.2 Å². The van der Waals surface area contributed by atoms with E-state index in [1.807, 2.05) is 6.07 Å². The van der Waals surface area contributed by atoms with Gasteiger partial charge in [-0.15, -0.1) is 0 Å². The van der Waals surface area contributed by atoms with Gasteiger partial charge in [0.15, 0.2) is 0 Å². The highest BCUT2D eigenvalue weighted by atomic mass is 16.5. The lowest BCUT2D eigenvalue weighted by molar-refractivity contribution is 0.0219. The molecule has 3 heterocycles. The van der Waals surface area contributed by atoms with Crippen molar-refractivity contribution >= 4 is 11.5 Å². The van der Waals surface area contributed by atoms with E-state index in [2.05, 4.69) is 9.88 Å². The number of nitrogens with two attached hydrogens (primary N) is 2. The number of hydrogen-bond donors (Lipinski definition) is 2. The van der Waals surface area contributed by atoms with Crippen LogP contribution in [0, 0.1) is 11.3 Å². The Morgan fingerprint density at radius 3 is 2.80 bits per heavy atom. The monoisotopic (exact) mass is 275 g/mol. The molecule has 0 amide bonds. The Kier molecular flexibility index (Phi) is 3.34. The summed E-state index contributed by atoms with van der Waals surface area (Å²) >= 11 is 0. The number of pyridine rings is 1. The van der Waals surface area contributed by atoms with Crippen LogP contribution in [0.2, 0.25) is 0 Å². The van der Waals surface area contributed by atoms with Crippen molar-refractivity contribution in [3.8, 4) is 11.9 Å². The Morgan fingerprint density at radius 1 is 1.35 bits per heavy atom. The lowest BCUT2D eigenvalue weighted by Gasteiger charge is -2.28. The van der Waals surface area contributed by atoms with Gasteiger partial charge in [0.25, 0.3) is 0 Å². The van der Waals surface area contributed by atoms with Gasteiger partial charge in [0, 0.05) is 31.6 Å². The first-order valence-corrected chi connectivity index (χ1v) is 6.63. The maximum absolute atomic E-state index is 9.04. The normalized spacial score (nSPS) is 22.1. The van der Waals surface area contributed by atoms with Gasteiger partial charge in [0.2, 0.25) is 5.88 Å². The highest BCUT2D eigenvalue weighted by Gasteiger charge is 2.30. The number of nitrogens with zero attached hydrogens (tertiary/aromatic N) is 3. The number of aromatic nitrogens is 1. The number of nitriles is 1. The van der Waals surface area contributed by atoms with E-state index < -0.39 is 0 Å². The van der Waals surface area contributed by atoms with Crippen LogP contribution >= 0.6 is 0 Å². The molecule has 0 bridgehead atoms. The molecular formula is C13H17N5O2. The first-order chi connectivity index (χ1) is 9.69. The molecule has 0 aromatic carbocycles. The molecule has 106 valence electrons. The molecule has 1 unspecified atom stereocenters. The first-order valence-electron chi connectivity index (χ1n) is 6.63. The first kappa shape index (κ1) is 13.0. The van der Waals surface area contributed by atoms with E-state index in [1.54, 1.807) is 0 Å². The summed E-state index contributed by atoms with van der Waals surface area (Å²) < 4.78 is 11.1. The van der Waals surface area contributed by atoms with Crippen LogP contribution in [-0.2, 0) is 11.2 Å². The molecule has 0 aliphatic carbocycles. The summed E-state index contributed by atoms with van der Waals surface area (Å²) in [6, 6.07) is 1.99. The topological polar surface area (TPSA) is 110 Å². The van der Waals surface area contributed by atoms with Crippen LogP contribution in [0.5, 0.6) is 5.88 Å². The fraction of sp³-hybridized carbons (Fsp3) is 0.538. The average molecular weight is 275 g/mol. The van der Waals surface area contributed by atoms with Gasteiger partial charge in [-0.25, -0.2) is 0 Å². The van der Waals surface area contributed by atoms with Crippen molar-refractivity contribution in [2.45, 2.75) is 12.5 Å². The third kappa shape index (κ3) is 2.24. The van der Waals surface area contributed by atoms with Crippen molar-refractivity contribution in [2.24, 2.45) is 0 Å². The predicted molar refractivity (Wildman–Crippen MR) is 73.2 cm³/mol. The van der Waals surface area contributed by atoms with Crippen LogP contribution in [0.15, 0.2) is 0 Å². The second kappa shape index (κ2) is 5.15. The van der Waals surface area contributed by atoms with E-state index in [9.17, 15) is 0 Å². The molecule has 2 aliphatic heterocycles. The third-order valence-electron chi connectivity index (χ3n) is 3.72. The van der Waals surface area contributed by atoms with Crippen molar-refractivity contribution in [1.82, 2.24) is 9.88 Å². The summed E-state index contributed by atoms with van der Waals surface area (Å²) in [4.78, 5) is 6.43. The van der Waals surface area contributed by atoms with E-state index >= 15 is 0 Å². The van der Waals surface area contributed by atoms with Crippen LogP contribution in [0.25, 0.3) is 0 Å². The minimum Gasteiger partial charge on any atom is -0.472 e. The highest BCUT2D eigenvalue weighted by molar-refractivity contribution is 5.71. The van der Waals surface area contributed by atoms with Gasteiger partial charge >= 0.3 is 0 Å². The molecule has 1 saturated heterocycles. The summed E-state index contributed by atoms with van der Waals surface area (Å²) in [5.41, 5.74) is 13.2. The van der Waals surface area contributed by atoms with E-state index in [0.717, 1.165) is 38.4 Å². The minimum atomic E-state index is 0.00578. The number of nitrogen functional groups attached to an aromatic ring is 2. The van der Waals surface area contributed by atoms with Gasteiger partial charge in [-0.3, -0.25) is 4.90 Å². The number of ether oxygens (including phenoxy) is 2. The minimum absolute atomic E-state index is 0.00578. The van der Waals surface area contributed by atoms with Crippen molar-refractivity contribution in [3.63, 3.8) is 0 Å². The quantitative estimate of drug-likeness (QED) is 0.765. The lowest BCUT2D eigenvalue weighted by atomic mass is 10.1. The Balaban J connectivity index is 1.75. The fourth-order valence-corrected chi connectivity index (χ4v) is 2.65. The van der Waals surface area contributed by atoms with E-state index in [-0.39, 0.29) is 17.5 Å². The highest BCUT2D eigenvalue weighted by Crippen LogP contribution is 2.35. The number of anilines is 2. The number of rotatable bonds is 2. The summed E-state index contributed by atoms with van der Waals surface area (Å²) in [6.07, 6.45) is 0.673. The van der Waals surface area contributed by atoms with Crippen molar-refractivity contribution in [1.29, 1.82) is 5.26 Å². The molecule has 3 rings (SSSR count). The maximum Gasteiger partial charge on any atom is 0.221 e. The molecule has 7 nitrogen and oxygen atoms in total. The molecule has 1 aromatic rings. The van der Waals surface area contributed by atoms with Gasteiger partial charge in [-0.2, -0.15) is 10.2 Å². The Morgan fingerprint density at radius 2 is 2.10 bits per heavy atom. The molecular weight excluding hydrogens is 258 g/mol. The lowest BCUT2D eigenvalue weighted by Crippen LogP contribution is -2.42. The summed E-state index contributed by atoms with van der Waals surface area (Å²) in [5, 5.41) is 9.04. The smallest absolute Gasteiger partial charge is 0.221 e. The number of fused-ring (bicyclic) bond motifs is 1. The Labute approximate surface area is 117 Å². The zero-order valence-electron chi connectivity index (χ0n) is 11.1. The molecule has 1 fully saturated rings. The second-order valence-electron chi connectivity index (χ2n) is 5.04. The standard InChI is InChI=1S/C13H17N5O2/c14-6-10-11(15)9-5-8(20-13(9)17-12(10)16)7-18-1-3-19-4-2-18/h8H,1-5,7H2,(H4,15,16,17). The zero-order valence-corrected chi connectivity index (χ0v) is 11.1. The Hall–Kier alpha value is -2.04. The van der Waals surface area contributed by atoms with E-state index in [0.29, 0.717) is 18.0 Å². The van der Waals surface area contributed by atoms with Gasteiger partial charge in [-0.1, -0.05) is 0 Å². The largest absolute Gasteiger partial charge is 0.472 e. The van der Waals surface area contributed by atoms with Crippen LogP contribution in [-0.4, -0.2) is 48.8 Å². The molecule has 0 spiro atoms. The Bertz CT molecular complexity index is 563. The molecule has 1 aromatic heterocycles. The average Bonchev–Trinajstić information content (AvgIpc) is 2.83. The van der Waals surface area contributed by atoms with Gasteiger partial charge < -0.3 is 20.9 Å². The molecule has 7 heteroatoms. The van der Waals surface area contributed by atoms with Gasteiger partial charge in [0.1, 0.15) is 23.6 Å².